The summed E-state index contributed by atoms with van der Waals surface area (Å²) in [6.45, 7) is 0. The third-order valence-electron chi connectivity index (χ3n) is 1.59. The van der Waals surface area contributed by atoms with E-state index in [1.807, 2.05) is 0 Å². The van der Waals surface area contributed by atoms with Crippen molar-refractivity contribution in [1.82, 2.24) is 0 Å². The highest BCUT2D eigenvalue weighted by atomic mass is 35.5. The Morgan fingerprint density at radius 3 is 2.43 bits per heavy atom. The first-order chi connectivity index (χ1) is 6.30. The molecule has 7 heteroatoms. The van der Waals surface area contributed by atoms with Crippen molar-refractivity contribution in [3.8, 4) is 0 Å². The number of rotatable bonds is 1. The fourth-order valence-electron chi connectivity index (χ4n) is 0.964. The van der Waals surface area contributed by atoms with Gasteiger partial charge in [-0.1, -0.05) is 11.6 Å². The molecule has 1 aliphatic rings. The molecule has 14 heavy (non-hydrogen) atoms. The molecule has 0 spiro atoms. The lowest BCUT2D eigenvalue weighted by atomic mass is 10.0. The lowest BCUT2D eigenvalue weighted by Crippen LogP contribution is -2.20. The van der Waals surface area contributed by atoms with Gasteiger partial charge in [-0.15, -0.1) is 0 Å². The van der Waals surface area contributed by atoms with E-state index in [2.05, 4.69) is 0 Å². The van der Waals surface area contributed by atoms with Crippen LogP contribution in [0, 0.1) is 16.2 Å². The van der Waals surface area contributed by atoms with E-state index >= 15 is 0 Å². The molecule has 0 amide bonds. The van der Waals surface area contributed by atoms with Gasteiger partial charge in [-0.3, -0.25) is 10.1 Å². The Balaban J connectivity index is 2.93. The summed E-state index contributed by atoms with van der Waals surface area (Å²) in [4.78, 5) is 9.37. The third-order valence-corrected chi connectivity index (χ3v) is 1.81. The first-order valence-corrected chi connectivity index (χ1v) is 3.83. The normalized spacial score (nSPS) is 18.9. The molecule has 1 rings (SSSR count). The van der Waals surface area contributed by atoms with Crippen LogP contribution in [0.5, 0.6) is 0 Å². The van der Waals surface area contributed by atoms with Gasteiger partial charge in [0.05, 0.1) is 6.42 Å². The number of alkyl halides is 3. The largest absolute Gasteiger partial charge is 0.413 e. The molecule has 0 unspecified atom stereocenters. The number of hydrogen-bond donors (Lipinski definition) is 0. The monoisotopic (exact) mass is 226 g/mol. The van der Waals surface area contributed by atoms with Crippen LogP contribution >= 0.6 is 11.6 Å². The van der Waals surface area contributed by atoms with Crippen LogP contribution in [0.25, 0.3) is 0 Å². The number of nitro groups is 1. The van der Waals surface area contributed by atoms with Crippen molar-refractivity contribution in [1.29, 1.82) is 0 Å². The van der Waals surface area contributed by atoms with Crippen LogP contribution in [0.3, 0.4) is 0 Å². The molecule has 0 aromatic rings. The van der Waals surface area contributed by atoms with Gasteiger partial charge in [0.15, 0.2) is 0 Å². The quantitative estimate of drug-likeness (QED) is 0.510. The maximum Gasteiger partial charge on any atom is 0.413 e. The van der Waals surface area contributed by atoms with E-state index < -0.39 is 29.1 Å². The Kier molecular flexibility index (Phi) is 2.84. The summed E-state index contributed by atoms with van der Waals surface area (Å²) >= 11 is 5.32. The summed E-state index contributed by atoms with van der Waals surface area (Å²) in [5.41, 5.74) is -1.00. The summed E-state index contributed by atoms with van der Waals surface area (Å²) < 4.78 is 36.5. The first-order valence-electron chi connectivity index (χ1n) is 3.46. The van der Waals surface area contributed by atoms with Crippen LogP contribution < -0.4 is 0 Å². The fourth-order valence-corrected chi connectivity index (χ4v) is 1.22. The molecule has 0 atom stereocenters. The lowest BCUT2D eigenvalue weighted by molar-refractivity contribution is -0.458. The molecule has 1 aliphatic carbocycles. The van der Waals surface area contributed by atoms with Crippen LogP contribution in [0.2, 0.25) is 0 Å². The maximum absolute atomic E-state index is 12.2. The standard InChI is InChI=1S/C7H4ClF3NO2/c8-5-1-4(7(9,10)11)2-6(3-5)12(13)14/h1,3H,2H2. The Hall–Kier alpha value is -1.04. The van der Waals surface area contributed by atoms with Crippen LogP contribution in [-0.2, 0) is 0 Å². The SMILES string of the molecule is O=[N+]([O-])[C]1C=C(Cl)C=C(C(F)(F)F)C1. The fraction of sp³-hybridized carbons (Fsp3) is 0.286. The Labute approximate surface area is 82.0 Å². The van der Waals surface area contributed by atoms with Crippen molar-refractivity contribution in [2.45, 2.75) is 12.6 Å². The van der Waals surface area contributed by atoms with Gasteiger partial charge in [-0.05, 0) is 6.08 Å². The highest BCUT2D eigenvalue weighted by Crippen LogP contribution is 2.36. The topological polar surface area (TPSA) is 43.1 Å². The number of hydrogen-bond acceptors (Lipinski definition) is 2. The second-order valence-corrected chi connectivity index (χ2v) is 3.06. The van der Waals surface area contributed by atoms with E-state index in [1.165, 1.54) is 0 Å². The predicted octanol–water partition coefficient (Wildman–Crippen LogP) is 2.81. The van der Waals surface area contributed by atoms with E-state index in [0.29, 0.717) is 6.08 Å². The van der Waals surface area contributed by atoms with Crippen LogP contribution in [0.4, 0.5) is 13.2 Å². The van der Waals surface area contributed by atoms with Gasteiger partial charge in [0, 0.05) is 21.6 Å². The summed E-state index contributed by atoms with van der Waals surface area (Å²) in [5.74, 6) is 0. The van der Waals surface area contributed by atoms with Crippen LogP contribution in [0.1, 0.15) is 6.42 Å². The van der Waals surface area contributed by atoms with E-state index in [4.69, 9.17) is 11.6 Å². The van der Waals surface area contributed by atoms with Gasteiger partial charge in [0.2, 0.25) is 0 Å². The summed E-state index contributed by atoms with van der Waals surface area (Å²) in [5, 5.41) is 9.96. The van der Waals surface area contributed by atoms with Crippen LogP contribution in [-0.4, -0.2) is 11.1 Å². The molecule has 3 nitrogen and oxygen atoms in total. The van der Waals surface area contributed by atoms with E-state index in [-0.39, 0.29) is 5.03 Å². The van der Waals surface area contributed by atoms with Crippen molar-refractivity contribution >= 4 is 11.6 Å². The molecule has 0 aromatic carbocycles. The van der Waals surface area contributed by atoms with E-state index in [9.17, 15) is 23.3 Å². The maximum atomic E-state index is 12.2. The molecule has 0 N–H and O–H groups in total. The van der Waals surface area contributed by atoms with Crippen molar-refractivity contribution < 1.29 is 18.1 Å². The van der Waals surface area contributed by atoms with Gasteiger partial charge in [0.25, 0.3) is 0 Å². The third kappa shape index (κ3) is 2.47. The summed E-state index contributed by atoms with van der Waals surface area (Å²) in [6, 6.07) is -0.551. The molecule has 0 heterocycles. The Morgan fingerprint density at radius 1 is 1.43 bits per heavy atom. The highest BCUT2D eigenvalue weighted by molar-refractivity contribution is 6.31. The minimum atomic E-state index is -4.57. The zero-order valence-corrected chi connectivity index (χ0v) is 7.39. The van der Waals surface area contributed by atoms with Crippen molar-refractivity contribution in [2.75, 3.05) is 0 Å². The molecule has 0 aliphatic heterocycles. The van der Waals surface area contributed by atoms with Crippen molar-refractivity contribution in [3.63, 3.8) is 0 Å². The second-order valence-electron chi connectivity index (χ2n) is 2.62. The zero-order chi connectivity index (χ0) is 10.9. The highest BCUT2D eigenvalue weighted by Gasteiger charge is 2.40. The zero-order valence-electron chi connectivity index (χ0n) is 6.64. The molecule has 1 radical (unpaired) electrons. The molecule has 0 bridgehead atoms. The molecular weight excluding hydrogens is 223 g/mol. The molecule has 77 valence electrons. The van der Waals surface area contributed by atoms with Gasteiger partial charge in [0.1, 0.15) is 0 Å². The summed E-state index contributed by atoms with van der Waals surface area (Å²) in [6.07, 6.45) is -3.71. The smallest absolute Gasteiger partial charge is 0.263 e. The minimum Gasteiger partial charge on any atom is -0.263 e. The first kappa shape index (κ1) is 11.0. The number of allylic oxidation sites excluding steroid dienone is 2. The second kappa shape index (κ2) is 3.61. The van der Waals surface area contributed by atoms with Gasteiger partial charge in [-0.2, -0.15) is 13.2 Å². The average molecular weight is 227 g/mol. The molecule has 0 aromatic heterocycles. The van der Waals surface area contributed by atoms with Crippen molar-refractivity contribution in [3.05, 3.63) is 38.9 Å². The van der Waals surface area contributed by atoms with Crippen LogP contribution in [0.15, 0.2) is 22.8 Å². The Bertz CT molecular complexity index is 321. The summed E-state index contributed by atoms with van der Waals surface area (Å²) in [7, 11) is 0. The van der Waals surface area contributed by atoms with Gasteiger partial charge in [-0.25, -0.2) is 0 Å². The predicted molar refractivity (Wildman–Crippen MR) is 42.9 cm³/mol. The Morgan fingerprint density at radius 2 is 2.00 bits per heavy atom. The molecule has 0 saturated carbocycles. The van der Waals surface area contributed by atoms with Crippen molar-refractivity contribution in [2.24, 2.45) is 0 Å². The lowest BCUT2D eigenvalue weighted by Gasteiger charge is -2.15. The number of halogens is 4. The average Bonchev–Trinajstić information content (AvgIpc) is 2.01. The molecule has 0 fully saturated rings. The van der Waals surface area contributed by atoms with E-state index in [1.54, 1.807) is 0 Å². The number of nitrogens with zero attached hydrogens (tertiary/aromatic N) is 1. The van der Waals surface area contributed by atoms with Gasteiger partial charge < -0.3 is 0 Å². The van der Waals surface area contributed by atoms with E-state index in [0.717, 1.165) is 6.08 Å². The minimum absolute atomic E-state index is 0.282. The van der Waals surface area contributed by atoms with Gasteiger partial charge >= 0.3 is 12.2 Å². The molecular formula is C7H4ClF3NO2. The molecule has 0 saturated heterocycles.